The predicted molar refractivity (Wildman–Crippen MR) is 132 cm³/mol. The van der Waals surface area contributed by atoms with E-state index in [0.29, 0.717) is 12.2 Å². The van der Waals surface area contributed by atoms with Gasteiger partial charge in [0.15, 0.2) is 5.69 Å². The number of nitrogens with zero attached hydrogens (tertiary/aromatic N) is 3. The Kier molecular flexibility index (Phi) is 6.73. The zero-order valence-corrected chi connectivity index (χ0v) is 20.5. The first-order valence-electron chi connectivity index (χ1n) is 11.8. The van der Waals surface area contributed by atoms with Crippen LogP contribution in [0.25, 0.3) is 0 Å². The molecule has 1 aliphatic heterocycles. The van der Waals surface area contributed by atoms with Gasteiger partial charge in [0.05, 0.1) is 13.2 Å². The van der Waals surface area contributed by atoms with E-state index in [1.807, 2.05) is 55.5 Å². The van der Waals surface area contributed by atoms with Crippen LogP contribution in [0.15, 0.2) is 54.6 Å². The van der Waals surface area contributed by atoms with Crippen molar-refractivity contribution >= 4 is 23.5 Å². The van der Waals surface area contributed by atoms with Crippen LogP contribution in [0.1, 0.15) is 58.4 Å². The van der Waals surface area contributed by atoms with Gasteiger partial charge in [-0.2, -0.15) is 5.10 Å². The van der Waals surface area contributed by atoms with Crippen LogP contribution in [0.3, 0.4) is 0 Å². The van der Waals surface area contributed by atoms with E-state index in [1.165, 1.54) is 15.6 Å². The minimum absolute atomic E-state index is 0.0424. The van der Waals surface area contributed by atoms with Crippen molar-refractivity contribution in [2.24, 2.45) is 0 Å². The summed E-state index contributed by atoms with van der Waals surface area (Å²) in [6.45, 7) is 8.09. The number of carbonyl (C=O) groups is 3. The molecule has 0 fully saturated rings. The monoisotopic (exact) mass is 474 g/mol. The molecular weight excluding hydrogens is 444 g/mol. The van der Waals surface area contributed by atoms with E-state index < -0.39 is 17.4 Å². The molecule has 35 heavy (non-hydrogen) atoms. The lowest BCUT2D eigenvalue weighted by Gasteiger charge is -2.43. The number of benzene rings is 2. The normalized spacial score (nSPS) is 17.1. The molecule has 8 heteroatoms. The van der Waals surface area contributed by atoms with Crippen LogP contribution < -0.4 is 10.2 Å². The van der Waals surface area contributed by atoms with Gasteiger partial charge in [0.2, 0.25) is 5.91 Å². The summed E-state index contributed by atoms with van der Waals surface area (Å²) in [5, 5.41) is 7.28. The highest BCUT2D eigenvalue weighted by atomic mass is 16.5. The van der Waals surface area contributed by atoms with E-state index in [0.717, 1.165) is 23.1 Å². The molecule has 2 amide bonds. The van der Waals surface area contributed by atoms with Crippen molar-refractivity contribution in [3.63, 3.8) is 0 Å². The van der Waals surface area contributed by atoms with Gasteiger partial charge >= 0.3 is 5.97 Å². The topological polar surface area (TPSA) is 93.5 Å². The minimum Gasteiger partial charge on any atom is -0.461 e. The van der Waals surface area contributed by atoms with Gasteiger partial charge in [0.25, 0.3) is 5.91 Å². The second-order valence-corrected chi connectivity index (χ2v) is 8.90. The van der Waals surface area contributed by atoms with E-state index in [1.54, 1.807) is 13.8 Å². The Morgan fingerprint density at radius 3 is 2.34 bits per heavy atom. The number of aromatic nitrogens is 2. The molecule has 0 radical (unpaired) electrons. The smallest absolute Gasteiger partial charge is 0.358 e. The van der Waals surface area contributed by atoms with Crippen LogP contribution in [0.2, 0.25) is 0 Å². The van der Waals surface area contributed by atoms with E-state index in [2.05, 4.69) is 17.3 Å². The summed E-state index contributed by atoms with van der Waals surface area (Å²) in [7, 11) is 0. The second-order valence-electron chi connectivity index (χ2n) is 8.90. The Hall–Kier alpha value is -3.94. The fraction of sp³-hybridized carbons (Fsp3) is 0.333. The van der Waals surface area contributed by atoms with Crippen LogP contribution in [-0.4, -0.2) is 39.7 Å². The SMILES string of the molecule is CCOC(=O)c1cc2n(n1)C[C@](C)(C(=O)NCc1ccc(C)cc1)N(c1ccc(CC)cc1)C2=O. The molecule has 2 heterocycles. The highest BCUT2D eigenvalue weighted by Crippen LogP contribution is 2.33. The van der Waals surface area contributed by atoms with Gasteiger partial charge in [-0.3, -0.25) is 19.2 Å². The molecule has 0 spiro atoms. The van der Waals surface area contributed by atoms with Crippen molar-refractivity contribution in [2.75, 3.05) is 11.5 Å². The van der Waals surface area contributed by atoms with E-state index in [-0.39, 0.29) is 30.4 Å². The number of esters is 1. The summed E-state index contributed by atoms with van der Waals surface area (Å²) >= 11 is 0. The van der Waals surface area contributed by atoms with Gasteiger partial charge in [-0.25, -0.2) is 4.79 Å². The molecule has 1 N–H and O–H groups in total. The third kappa shape index (κ3) is 4.69. The first kappa shape index (κ1) is 24.2. The summed E-state index contributed by atoms with van der Waals surface area (Å²) in [6, 6.07) is 16.9. The Morgan fingerprint density at radius 2 is 1.71 bits per heavy atom. The molecule has 3 aromatic rings. The van der Waals surface area contributed by atoms with Crippen LogP contribution in [-0.2, 0) is 29.0 Å². The van der Waals surface area contributed by atoms with Crippen molar-refractivity contribution in [3.8, 4) is 0 Å². The van der Waals surface area contributed by atoms with Crippen molar-refractivity contribution < 1.29 is 19.1 Å². The van der Waals surface area contributed by atoms with Gasteiger partial charge < -0.3 is 10.1 Å². The van der Waals surface area contributed by atoms with Gasteiger partial charge in [-0.15, -0.1) is 0 Å². The average Bonchev–Trinajstić information content (AvgIpc) is 3.28. The Labute approximate surface area is 204 Å². The van der Waals surface area contributed by atoms with Gasteiger partial charge in [-0.1, -0.05) is 48.9 Å². The lowest BCUT2D eigenvalue weighted by Crippen LogP contribution is -2.64. The lowest BCUT2D eigenvalue weighted by molar-refractivity contribution is -0.126. The number of aryl methyl sites for hydroxylation is 2. The maximum absolute atomic E-state index is 13.7. The third-order valence-electron chi connectivity index (χ3n) is 6.30. The Bertz CT molecular complexity index is 1250. The number of carbonyl (C=O) groups excluding carboxylic acids is 3. The number of fused-ring (bicyclic) bond motifs is 1. The van der Waals surface area contributed by atoms with E-state index in [9.17, 15) is 14.4 Å². The van der Waals surface area contributed by atoms with Crippen LogP contribution in [0.4, 0.5) is 5.69 Å². The third-order valence-corrected chi connectivity index (χ3v) is 6.30. The number of hydrogen-bond acceptors (Lipinski definition) is 5. The number of hydrogen-bond donors (Lipinski definition) is 1. The zero-order chi connectivity index (χ0) is 25.2. The number of ether oxygens (including phenoxy) is 1. The molecule has 1 aliphatic rings. The molecule has 0 saturated carbocycles. The zero-order valence-electron chi connectivity index (χ0n) is 20.5. The highest BCUT2D eigenvalue weighted by Gasteiger charge is 2.49. The van der Waals surface area contributed by atoms with Crippen molar-refractivity contribution in [1.82, 2.24) is 15.1 Å². The predicted octanol–water partition coefficient (Wildman–Crippen LogP) is 3.67. The molecular formula is C27H30N4O4. The molecule has 182 valence electrons. The summed E-state index contributed by atoms with van der Waals surface area (Å²) in [5.74, 6) is -1.33. The fourth-order valence-corrected chi connectivity index (χ4v) is 4.25. The van der Waals surface area contributed by atoms with Gasteiger partial charge in [-0.05, 0) is 50.5 Å². The first-order chi connectivity index (χ1) is 16.8. The van der Waals surface area contributed by atoms with Crippen LogP contribution in [0, 0.1) is 6.92 Å². The minimum atomic E-state index is -1.28. The maximum Gasteiger partial charge on any atom is 0.358 e. The largest absolute Gasteiger partial charge is 0.461 e. The standard InChI is InChI=1S/C27H30N4O4/c1-5-19-11-13-21(14-12-19)31-24(32)23-15-22(25(33)35-6-2)29-30(23)17-27(31,4)26(34)28-16-20-9-7-18(3)8-10-20/h7-15H,5-6,16-17H2,1-4H3,(H,28,34)/t27-/m1/s1. The molecule has 0 saturated heterocycles. The molecule has 1 aromatic heterocycles. The molecule has 2 aromatic carbocycles. The molecule has 0 unspecified atom stereocenters. The summed E-state index contributed by atoms with van der Waals surface area (Å²) in [5.41, 5.74) is 2.81. The molecule has 4 rings (SSSR count). The quantitative estimate of drug-likeness (QED) is 0.528. The molecule has 0 aliphatic carbocycles. The number of rotatable bonds is 7. The molecule has 0 bridgehead atoms. The summed E-state index contributed by atoms with van der Waals surface area (Å²) in [4.78, 5) is 41.1. The number of anilines is 1. The van der Waals surface area contributed by atoms with Gasteiger partial charge in [0, 0.05) is 18.3 Å². The number of amides is 2. The first-order valence-corrected chi connectivity index (χ1v) is 11.8. The van der Waals surface area contributed by atoms with Crippen molar-refractivity contribution in [2.45, 2.75) is 52.7 Å². The number of nitrogens with one attached hydrogen (secondary N) is 1. The van der Waals surface area contributed by atoms with Crippen LogP contribution in [0.5, 0.6) is 0 Å². The van der Waals surface area contributed by atoms with E-state index in [4.69, 9.17) is 4.74 Å². The maximum atomic E-state index is 13.7. The second kappa shape index (κ2) is 9.74. The Morgan fingerprint density at radius 1 is 1.06 bits per heavy atom. The van der Waals surface area contributed by atoms with Gasteiger partial charge in [0.1, 0.15) is 11.2 Å². The fourth-order valence-electron chi connectivity index (χ4n) is 4.25. The van der Waals surface area contributed by atoms with E-state index >= 15 is 0 Å². The molecule has 1 atom stereocenters. The molecule has 8 nitrogen and oxygen atoms in total. The van der Waals surface area contributed by atoms with Crippen LogP contribution >= 0.6 is 0 Å². The average molecular weight is 475 g/mol. The Balaban J connectivity index is 1.71. The summed E-state index contributed by atoms with van der Waals surface area (Å²) < 4.78 is 6.48. The van der Waals surface area contributed by atoms with Crippen molar-refractivity contribution in [3.05, 3.63) is 82.7 Å². The lowest BCUT2D eigenvalue weighted by atomic mass is 9.93. The highest BCUT2D eigenvalue weighted by molar-refractivity contribution is 6.12. The van der Waals surface area contributed by atoms with Crippen molar-refractivity contribution in [1.29, 1.82) is 0 Å². The summed E-state index contributed by atoms with van der Waals surface area (Å²) in [6.07, 6.45) is 0.859.